The Labute approximate surface area is 164 Å². The first-order valence-corrected chi connectivity index (χ1v) is 10.5. The Morgan fingerprint density at radius 2 is 1.93 bits per heavy atom. The highest BCUT2D eigenvalue weighted by Crippen LogP contribution is 2.26. The Morgan fingerprint density at radius 1 is 1.19 bits per heavy atom. The predicted molar refractivity (Wildman–Crippen MR) is 113 cm³/mol. The third kappa shape index (κ3) is 5.61. The van der Waals surface area contributed by atoms with Gasteiger partial charge in [0.2, 0.25) is 0 Å². The van der Waals surface area contributed by atoms with Gasteiger partial charge >= 0.3 is 0 Å². The van der Waals surface area contributed by atoms with Crippen LogP contribution in [0.5, 0.6) is 5.75 Å². The van der Waals surface area contributed by atoms with Crippen molar-refractivity contribution in [2.45, 2.75) is 64.0 Å². The van der Waals surface area contributed by atoms with Gasteiger partial charge in [0.15, 0.2) is 5.96 Å². The van der Waals surface area contributed by atoms with Gasteiger partial charge in [-0.1, -0.05) is 25.0 Å². The molecule has 1 aromatic carbocycles. The number of methoxy groups -OCH3 is 1. The molecule has 27 heavy (non-hydrogen) atoms. The highest BCUT2D eigenvalue weighted by molar-refractivity contribution is 5.79. The second-order valence-electron chi connectivity index (χ2n) is 7.95. The maximum absolute atomic E-state index is 5.42. The number of rotatable bonds is 6. The van der Waals surface area contributed by atoms with Crippen molar-refractivity contribution in [2.24, 2.45) is 4.99 Å². The molecule has 2 fully saturated rings. The van der Waals surface area contributed by atoms with Crippen molar-refractivity contribution in [3.05, 3.63) is 29.3 Å². The SMILES string of the molecule is CN=C(NCCc1ccc(C)c(OC)c1)NC1CCN(C2CCCC2)CC1. The van der Waals surface area contributed by atoms with Gasteiger partial charge in [0.1, 0.15) is 5.75 Å². The van der Waals surface area contributed by atoms with Gasteiger partial charge in [-0.15, -0.1) is 0 Å². The van der Waals surface area contributed by atoms with Crippen LogP contribution in [0.1, 0.15) is 49.7 Å². The van der Waals surface area contributed by atoms with Gasteiger partial charge in [-0.25, -0.2) is 0 Å². The zero-order chi connectivity index (χ0) is 19.1. The lowest BCUT2D eigenvalue weighted by molar-refractivity contribution is 0.150. The van der Waals surface area contributed by atoms with Gasteiger partial charge in [0.25, 0.3) is 0 Å². The number of nitrogens with zero attached hydrogens (tertiary/aromatic N) is 2. The van der Waals surface area contributed by atoms with Crippen LogP contribution in [0.4, 0.5) is 0 Å². The van der Waals surface area contributed by atoms with Crippen LogP contribution in [-0.4, -0.2) is 56.7 Å². The molecule has 150 valence electrons. The Kier molecular flexibility index (Phi) is 7.39. The van der Waals surface area contributed by atoms with E-state index in [9.17, 15) is 0 Å². The fraction of sp³-hybridized carbons (Fsp3) is 0.682. The molecule has 1 aliphatic heterocycles. The van der Waals surface area contributed by atoms with Gasteiger partial charge in [0, 0.05) is 38.8 Å². The van der Waals surface area contributed by atoms with Crippen LogP contribution in [0.2, 0.25) is 0 Å². The van der Waals surface area contributed by atoms with E-state index in [1.807, 2.05) is 7.05 Å². The quantitative estimate of drug-likeness (QED) is 0.595. The van der Waals surface area contributed by atoms with Crippen LogP contribution in [-0.2, 0) is 6.42 Å². The molecular weight excluding hydrogens is 336 g/mol. The summed E-state index contributed by atoms with van der Waals surface area (Å²) < 4.78 is 5.42. The molecular formula is C22H36N4O. The maximum Gasteiger partial charge on any atom is 0.191 e. The van der Waals surface area contributed by atoms with Crippen molar-refractivity contribution < 1.29 is 4.74 Å². The van der Waals surface area contributed by atoms with E-state index in [1.165, 1.54) is 62.7 Å². The number of nitrogens with one attached hydrogen (secondary N) is 2. The third-order valence-corrected chi connectivity index (χ3v) is 6.11. The predicted octanol–water partition coefficient (Wildman–Crippen LogP) is 3.12. The molecule has 0 amide bonds. The molecule has 0 aromatic heterocycles. The van der Waals surface area contributed by atoms with Crippen molar-refractivity contribution in [2.75, 3.05) is 33.8 Å². The molecule has 0 unspecified atom stereocenters. The number of benzene rings is 1. The third-order valence-electron chi connectivity index (χ3n) is 6.11. The molecule has 1 saturated carbocycles. The summed E-state index contributed by atoms with van der Waals surface area (Å²) in [6.45, 7) is 5.39. The largest absolute Gasteiger partial charge is 0.496 e. The molecule has 5 heteroatoms. The standard InChI is InChI=1S/C22H36N4O/c1-17-8-9-18(16-21(17)27-3)10-13-24-22(23-2)25-19-11-14-26(15-12-19)20-6-4-5-7-20/h8-9,16,19-20H,4-7,10-15H2,1-3H3,(H2,23,24,25). The summed E-state index contributed by atoms with van der Waals surface area (Å²) in [5.74, 6) is 1.89. The van der Waals surface area contributed by atoms with E-state index in [0.717, 1.165) is 30.7 Å². The van der Waals surface area contributed by atoms with Crippen molar-refractivity contribution in [3.8, 4) is 5.75 Å². The molecule has 5 nitrogen and oxygen atoms in total. The minimum atomic E-state index is 0.535. The van der Waals surface area contributed by atoms with Crippen LogP contribution < -0.4 is 15.4 Å². The molecule has 0 radical (unpaired) electrons. The fourth-order valence-corrected chi connectivity index (χ4v) is 4.41. The van der Waals surface area contributed by atoms with Crippen LogP contribution in [0.15, 0.2) is 23.2 Å². The summed E-state index contributed by atoms with van der Waals surface area (Å²) in [4.78, 5) is 7.13. The molecule has 1 aliphatic carbocycles. The number of ether oxygens (including phenoxy) is 1. The average Bonchev–Trinajstić information content (AvgIpc) is 3.23. The van der Waals surface area contributed by atoms with Crippen LogP contribution >= 0.6 is 0 Å². The highest BCUT2D eigenvalue weighted by Gasteiger charge is 2.27. The lowest BCUT2D eigenvalue weighted by Gasteiger charge is -2.36. The van der Waals surface area contributed by atoms with Gasteiger partial charge in [-0.2, -0.15) is 0 Å². The molecule has 3 rings (SSSR count). The first kappa shape index (κ1) is 20.0. The molecule has 2 aliphatic rings. The Hall–Kier alpha value is -1.75. The second-order valence-corrected chi connectivity index (χ2v) is 7.95. The number of hydrogen-bond acceptors (Lipinski definition) is 3. The lowest BCUT2D eigenvalue weighted by atomic mass is 10.0. The van der Waals surface area contributed by atoms with Crippen LogP contribution in [0.25, 0.3) is 0 Å². The average molecular weight is 373 g/mol. The summed E-state index contributed by atoms with van der Waals surface area (Å²) >= 11 is 0. The Morgan fingerprint density at radius 3 is 2.59 bits per heavy atom. The number of guanidine groups is 1. The van der Waals surface area contributed by atoms with Gasteiger partial charge in [0.05, 0.1) is 7.11 Å². The first-order valence-electron chi connectivity index (χ1n) is 10.5. The molecule has 2 N–H and O–H groups in total. The summed E-state index contributed by atoms with van der Waals surface area (Å²) in [5, 5.41) is 7.09. The highest BCUT2D eigenvalue weighted by atomic mass is 16.5. The zero-order valence-corrected chi connectivity index (χ0v) is 17.3. The zero-order valence-electron chi connectivity index (χ0n) is 17.3. The smallest absolute Gasteiger partial charge is 0.191 e. The van der Waals surface area contributed by atoms with Crippen molar-refractivity contribution in [1.29, 1.82) is 0 Å². The Balaban J connectivity index is 1.39. The molecule has 1 aromatic rings. The Bertz CT molecular complexity index is 617. The van der Waals surface area contributed by atoms with Gasteiger partial charge < -0.3 is 20.3 Å². The minimum absolute atomic E-state index is 0.535. The molecule has 1 saturated heterocycles. The summed E-state index contributed by atoms with van der Waals surface area (Å²) in [5.41, 5.74) is 2.46. The molecule has 0 spiro atoms. The van der Waals surface area contributed by atoms with E-state index in [2.05, 4.69) is 45.6 Å². The lowest BCUT2D eigenvalue weighted by Crippen LogP contribution is -2.50. The molecule has 0 atom stereocenters. The van der Waals surface area contributed by atoms with E-state index in [1.54, 1.807) is 7.11 Å². The maximum atomic E-state index is 5.42. The monoisotopic (exact) mass is 372 g/mol. The van der Waals surface area contributed by atoms with Crippen molar-refractivity contribution in [1.82, 2.24) is 15.5 Å². The van der Waals surface area contributed by atoms with Crippen molar-refractivity contribution in [3.63, 3.8) is 0 Å². The van der Waals surface area contributed by atoms with E-state index in [4.69, 9.17) is 4.74 Å². The number of piperidine rings is 1. The van der Waals surface area contributed by atoms with Gasteiger partial charge in [-0.05, 0) is 56.2 Å². The van der Waals surface area contributed by atoms with E-state index in [-0.39, 0.29) is 0 Å². The van der Waals surface area contributed by atoms with Crippen LogP contribution in [0, 0.1) is 6.92 Å². The number of aryl methyl sites for hydroxylation is 1. The normalized spacial score (nSPS) is 20.0. The summed E-state index contributed by atoms with van der Waals surface area (Å²) in [6, 6.07) is 7.82. The number of aliphatic imine (C=N–C) groups is 1. The van der Waals surface area contributed by atoms with Crippen LogP contribution in [0.3, 0.4) is 0 Å². The van der Waals surface area contributed by atoms with Gasteiger partial charge in [-0.3, -0.25) is 4.99 Å². The summed E-state index contributed by atoms with van der Waals surface area (Å²) in [6.07, 6.45) is 9.05. The van der Waals surface area contributed by atoms with E-state index < -0.39 is 0 Å². The summed E-state index contributed by atoms with van der Waals surface area (Å²) in [7, 11) is 3.59. The number of hydrogen-bond donors (Lipinski definition) is 2. The number of likely N-dealkylation sites (tertiary alicyclic amines) is 1. The van der Waals surface area contributed by atoms with E-state index in [0.29, 0.717) is 6.04 Å². The fourth-order valence-electron chi connectivity index (χ4n) is 4.41. The minimum Gasteiger partial charge on any atom is -0.496 e. The second kappa shape index (κ2) is 9.98. The topological polar surface area (TPSA) is 48.9 Å². The van der Waals surface area contributed by atoms with Crippen molar-refractivity contribution >= 4 is 5.96 Å². The molecule has 0 bridgehead atoms. The molecule has 1 heterocycles. The van der Waals surface area contributed by atoms with E-state index >= 15 is 0 Å². The first-order chi connectivity index (χ1) is 13.2.